The van der Waals surface area contributed by atoms with E-state index in [0.717, 1.165) is 5.56 Å². The Balaban J connectivity index is 1.60. The fraction of sp³-hybridized carbons (Fsp3) is 0.125. The molecular formula is C16H15FN4O. The molecule has 0 bridgehead atoms. The lowest BCUT2D eigenvalue weighted by Gasteiger charge is -2.09. The molecule has 22 heavy (non-hydrogen) atoms. The molecule has 0 unspecified atom stereocenters. The Hall–Kier alpha value is -2.89. The molecule has 3 rings (SSSR count). The lowest BCUT2D eigenvalue weighted by Crippen LogP contribution is -2.02. The Morgan fingerprint density at radius 3 is 2.86 bits per heavy atom. The number of hydrogen-bond donors (Lipinski definition) is 2. The quantitative estimate of drug-likeness (QED) is 0.734. The molecule has 0 aliphatic heterocycles. The molecule has 0 aliphatic rings. The lowest BCUT2D eigenvalue weighted by molar-refractivity contribution is 0.299. The van der Waals surface area contributed by atoms with Gasteiger partial charge in [-0.25, -0.2) is 14.5 Å². The van der Waals surface area contributed by atoms with Crippen molar-refractivity contribution in [3.05, 3.63) is 71.8 Å². The number of anilines is 1. The zero-order chi connectivity index (χ0) is 15.2. The van der Waals surface area contributed by atoms with Crippen molar-refractivity contribution in [3.8, 4) is 5.75 Å². The number of aromatic amines is 1. The zero-order valence-corrected chi connectivity index (χ0v) is 11.8. The number of nitrogens with one attached hydrogen (secondary N) is 2. The molecule has 0 saturated heterocycles. The van der Waals surface area contributed by atoms with E-state index in [0.29, 0.717) is 23.8 Å². The number of benzene rings is 2. The first-order valence-electron chi connectivity index (χ1n) is 6.85. The summed E-state index contributed by atoms with van der Waals surface area (Å²) in [4.78, 5) is 3.99. The fourth-order valence-electron chi connectivity index (χ4n) is 2.00. The number of nitrogens with zero attached hydrogens (tertiary/aromatic N) is 2. The first-order valence-corrected chi connectivity index (χ1v) is 6.85. The summed E-state index contributed by atoms with van der Waals surface area (Å²) in [6.07, 6.45) is 1.44. The van der Waals surface area contributed by atoms with Crippen molar-refractivity contribution in [3.63, 3.8) is 0 Å². The molecule has 2 aromatic carbocycles. The van der Waals surface area contributed by atoms with Gasteiger partial charge in [0.25, 0.3) is 0 Å². The molecule has 3 aromatic rings. The van der Waals surface area contributed by atoms with Crippen LogP contribution in [-0.2, 0) is 13.2 Å². The van der Waals surface area contributed by atoms with E-state index < -0.39 is 0 Å². The van der Waals surface area contributed by atoms with Gasteiger partial charge in [0, 0.05) is 12.1 Å². The molecule has 0 spiro atoms. The highest BCUT2D eigenvalue weighted by molar-refractivity contribution is 5.32. The van der Waals surface area contributed by atoms with Crippen molar-refractivity contribution in [2.24, 2.45) is 0 Å². The molecule has 6 heteroatoms. The SMILES string of the molecule is Fc1ccccc1COc1cccc(CNc2ncn[nH]2)c1. The predicted molar refractivity (Wildman–Crippen MR) is 80.9 cm³/mol. The van der Waals surface area contributed by atoms with Crippen LogP contribution in [0, 0.1) is 5.82 Å². The predicted octanol–water partition coefficient (Wildman–Crippen LogP) is 3.13. The van der Waals surface area contributed by atoms with Gasteiger partial charge in [0.1, 0.15) is 24.5 Å². The summed E-state index contributed by atoms with van der Waals surface area (Å²) in [5, 5.41) is 9.60. The molecule has 0 saturated carbocycles. The highest BCUT2D eigenvalue weighted by Crippen LogP contribution is 2.17. The monoisotopic (exact) mass is 298 g/mol. The Labute approximate surface area is 127 Å². The van der Waals surface area contributed by atoms with Crippen LogP contribution >= 0.6 is 0 Å². The van der Waals surface area contributed by atoms with Crippen LogP contribution in [0.2, 0.25) is 0 Å². The molecule has 2 N–H and O–H groups in total. The van der Waals surface area contributed by atoms with Crippen LogP contribution < -0.4 is 10.1 Å². The average Bonchev–Trinajstić information content (AvgIpc) is 3.06. The van der Waals surface area contributed by atoms with Crippen molar-refractivity contribution >= 4 is 5.95 Å². The molecule has 112 valence electrons. The summed E-state index contributed by atoms with van der Waals surface area (Å²) in [6, 6.07) is 14.2. The van der Waals surface area contributed by atoms with E-state index in [2.05, 4.69) is 20.5 Å². The zero-order valence-electron chi connectivity index (χ0n) is 11.8. The Morgan fingerprint density at radius 2 is 2.05 bits per heavy atom. The van der Waals surface area contributed by atoms with E-state index in [1.807, 2.05) is 24.3 Å². The third-order valence-corrected chi connectivity index (χ3v) is 3.13. The van der Waals surface area contributed by atoms with Gasteiger partial charge >= 0.3 is 0 Å². The summed E-state index contributed by atoms with van der Waals surface area (Å²) in [7, 11) is 0. The summed E-state index contributed by atoms with van der Waals surface area (Å²) >= 11 is 0. The van der Waals surface area contributed by atoms with Gasteiger partial charge in [-0.1, -0.05) is 30.3 Å². The van der Waals surface area contributed by atoms with Crippen LogP contribution in [0.4, 0.5) is 10.3 Å². The van der Waals surface area contributed by atoms with Gasteiger partial charge in [0.2, 0.25) is 5.95 Å². The van der Waals surface area contributed by atoms with Crippen LogP contribution in [0.15, 0.2) is 54.9 Å². The average molecular weight is 298 g/mol. The second kappa shape index (κ2) is 6.71. The van der Waals surface area contributed by atoms with E-state index in [1.54, 1.807) is 18.2 Å². The third-order valence-electron chi connectivity index (χ3n) is 3.13. The largest absolute Gasteiger partial charge is 0.489 e. The van der Waals surface area contributed by atoms with E-state index in [4.69, 9.17) is 4.74 Å². The summed E-state index contributed by atoms with van der Waals surface area (Å²) in [5.74, 6) is 1.04. The molecule has 0 amide bonds. The minimum Gasteiger partial charge on any atom is -0.489 e. The smallest absolute Gasteiger partial charge is 0.218 e. The van der Waals surface area contributed by atoms with Gasteiger partial charge in [-0.05, 0) is 23.8 Å². The minimum absolute atomic E-state index is 0.200. The standard InChI is InChI=1S/C16H15FN4O/c17-15-7-2-1-5-13(15)10-22-14-6-3-4-12(8-14)9-18-16-19-11-20-21-16/h1-8,11H,9-10H2,(H2,18,19,20,21). The maximum absolute atomic E-state index is 13.5. The number of rotatable bonds is 6. The van der Waals surface area contributed by atoms with Crippen LogP contribution in [0.3, 0.4) is 0 Å². The Morgan fingerprint density at radius 1 is 1.14 bits per heavy atom. The molecule has 0 atom stereocenters. The number of H-pyrrole nitrogens is 1. The fourth-order valence-corrected chi connectivity index (χ4v) is 2.00. The van der Waals surface area contributed by atoms with Crippen LogP contribution in [0.5, 0.6) is 5.75 Å². The first kappa shape index (κ1) is 14.1. The number of hydrogen-bond acceptors (Lipinski definition) is 4. The second-order valence-electron chi connectivity index (χ2n) is 4.72. The highest BCUT2D eigenvalue weighted by Gasteiger charge is 2.03. The van der Waals surface area contributed by atoms with Gasteiger partial charge in [-0.3, -0.25) is 0 Å². The Kier molecular flexibility index (Phi) is 4.29. The van der Waals surface area contributed by atoms with Crippen molar-refractivity contribution < 1.29 is 9.13 Å². The minimum atomic E-state index is -0.259. The number of ether oxygens (including phenoxy) is 1. The lowest BCUT2D eigenvalue weighted by atomic mass is 10.2. The summed E-state index contributed by atoms with van der Waals surface area (Å²) < 4.78 is 19.2. The van der Waals surface area contributed by atoms with Gasteiger partial charge < -0.3 is 10.1 Å². The van der Waals surface area contributed by atoms with E-state index in [-0.39, 0.29) is 12.4 Å². The van der Waals surface area contributed by atoms with Gasteiger partial charge in [-0.15, -0.1) is 0 Å². The maximum Gasteiger partial charge on any atom is 0.218 e. The van der Waals surface area contributed by atoms with Crippen molar-refractivity contribution in [2.45, 2.75) is 13.2 Å². The molecule has 0 radical (unpaired) electrons. The van der Waals surface area contributed by atoms with Crippen molar-refractivity contribution in [2.75, 3.05) is 5.32 Å². The first-order chi connectivity index (χ1) is 10.8. The maximum atomic E-state index is 13.5. The van der Waals surface area contributed by atoms with Gasteiger partial charge in [0.15, 0.2) is 0 Å². The van der Waals surface area contributed by atoms with Crippen LogP contribution in [0.25, 0.3) is 0 Å². The van der Waals surface area contributed by atoms with E-state index in [1.165, 1.54) is 12.4 Å². The van der Waals surface area contributed by atoms with Crippen LogP contribution in [-0.4, -0.2) is 15.2 Å². The van der Waals surface area contributed by atoms with E-state index >= 15 is 0 Å². The normalized spacial score (nSPS) is 10.4. The molecule has 0 aliphatic carbocycles. The molecule has 0 fully saturated rings. The molecular weight excluding hydrogens is 283 g/mol. The summed E-state index contributed by atoms with van der Waals surface area (Å²) in [5.41, 5.74) is 1.56. The second-order valence-corrected chi connectivity index (χ2v) is 4.72. The van der Waals surface area contributed by atoms with Crippen molar-refractivity contribution in [1.29, 1.82) is 0 Å². The van der Waals surface area contributed by atoms with Crippen molar-refractivity contribution in [1.82, 2.24) is 15.2 Å². The molecule has 5 nitrogen and oxygen atoms in total. The number of aromatic nitrogens is 3. The molecule has 1 aromatic heterocycles. The topological polar surface area (TPSA) is 62.8 Å². The molecule has 1 heterocycles. The van der Waals surface area contributed by atoms with Gasteiger partial charge in [0.05, 0.1) is 0 Å². The third kappa shape index (κ3) is 3.60. The van der Waals surface area contributed by atoms with Gasteiger partial charge in [-0.2, -0.15) is 5.10 Å². The Bertz CT molecular complexity index is 731. The number of halogens is 1. The highest BCUT2D eigenvalue weighted by atomic mass is 19.1. The van der Waals surface area contributed by atoms with Crippen LogP contribution in [0.1, 0.15) is 11.1 Å². The summed E-state index contributed by atoms with van der Waals surface area (Å²) in [6.45, 7) is 0.789. The van der Waals surface area contributed by atoms with E-state index in [9.17, 15) is 4.39 Å².